The number of aryl methyl sites for hydroxylation is 2. The van der Waals surface area contributed by atoms with Crippen molar-refractivity contribution in [2.45, 2.75) is 40.0 Å². The number of pyridine rings is 1. The third-order valence-corrected chi connectivity index (χ3v) is 7.44. The van der Waals surface area contributed by atoms with Gasteiger partial charge in [-0.2, -0.15) is 0 Å². The van der Waals surface area contributed by atoms with Crippen molar-refractivity contribution in [1.82, 2.24) is 4.57 Å². The van der Waals surface area contributed by atoms with Crippen molar-refractivity contribution in [2.24, 2.45) is 0 Å². The van der Waals surface area contributed by atoms with Gasteiger partial charge in [0.2, 0.25) is 0 Å². The Labute approximate surface area is 191 Å². The van der Waals surface area contributed by atoms with Crippen LogP contribution in [0.3, 0.4) is 0 Å². The molecule has 3 nitrogen and oxygen atoms in total. The second-order valence-electron chi connectivity index (χ2n) is 7.46. The van der Waals surface area contributed by atoms with Gasteiger partial charge in [0.1, 0.15) is 0 Å². The second kappa shape index (κ2) is 9.77. The highest BCUT2D eigenvalue weighted by atomic mass is 32.2. The molecule has 0 aliphatic heterocycles. The minimum Gasteiger partial charge on any atom is -0.383 e. The summed E-state index contributed by atoms with van der Waals surface area (Å²) in [4.78, 5) is 17.6. The first-order valence-corrected chi connectivity index (χ1v) is 11.8. The number of hydrogen-bond donors (Lipinski definition) is 0. The lowest BCUT2D eigenvalue weighted by molar-refractivity contribution is 0.187. The van der Waals surface area contributed by atoms with Crippen LogP contribution in [0.25, 0.3) is 10.9 Å². The number of hydrogen-bond acceptors (Lipinski definition) is 4. The number of fused-ring (bicyclic) bond motifs is 1. The van der Waals surface area contributed by atoms with Crippen LogP contribution in [0.1, 0.15) is 11.1 Å². The Morgan fingerprint density at radius 1 is 0.774 bits per heavy atom. The zero-order chi connectivity index (χ0) is 21.8. The smallest absolute Gasteiger partial charge is 0.266 e. The fourth-order valence-corrected chi connectivity index (χ4v) is 5.53. The number of ether oxygens (including phenoxy) is 1. The van der Waals surface area contributed by atoms with Crippen LogP contribution in [0.2, 0.25) is 0 Å². The molecule has 4 aromatic rings. The fourth-order valence-electron chi connectivity index (χ4n) is 3.40. The molecule has 1 heterocycles. The lowest BCUT2D eigenvalue weighted by atomic mass is 10.2. The lowest BCUT2D eigenvalue weighted by Gasteiger charge is -2.17. The average molecular weight is 448 g/mol. The van der Waals surface area contributed by atoms with Crippen LogP contribution < -0.4 is 5.56 Å². The highest BCUT2D eigenvalue weighted by Crippen LogP contribution is 2.41. The van der Waals surface area contributed by atoms with E-state index in [2.05, 4.69) is 68.4 Å². The third kappa shape index (κ3) is 4.90. The molecular formula is C26H25NO2S2. The first-order chi connectivity index (χ1) is 15.1. The van der Waals surface area contributed by atoms with E-state index in [0.29, 0.717) is 13.2 Å². The predicted molar refractivity (Wildman–Crippen MR) is 131 cm³/mol. The number of nitrogens with zero attached hydrogens (tertiary/aromatic N) is 1. The van der Waals surface area contributed by atoms with E-state index in [1.165, 1.54) is 22.9 Å². The maximum Gasteiger partial charge on any atom is 0.266 e. The van der Waals surface area contributed by atoms with Crippen LogP contribution >= 0.6 is 23.5 Å². The molecule has 0 unspecified atom stereocenters. The van der Waals surface area contributed by atoms with Gasteiger partial charge in [0.25, 0.3) is 5.56 Å². The number of methoxy groups -OCH3 is 1. The summed E-state index contributed by atoms with van der Waals surface area (Å²) in [5, 5.41) is 1.08. The lowest BCUT2D eigenvalue weighted by Crippen LogP contribution is -2.24. The maximum atomic E-state index is 13.7. The molecule has 0 aliphatic rings. The number of aromatic nitrogens is 1. The Morgan fingerprint density at radius 3 is 1.90 bits per heavy atom. The Hall–Kier alpha value is -2.47. The van der Waals surface area contributed by atoms with E-state index in [1.54, 1.807) is 18.9 Å². The summed E-state index contributed by atoms with van der Waals surface area (Å²) < 4.78 is 7.13. The van der Waals surface area contributed by atoms with Gasteiger partial charge in [0.05, 0.1) is 17.0 Å². The predicted octanol–water partition coefficient (Wildman–Crippen LogP) is 6.57. The molecule has 3 aromatic carbocycles. The molecule has 0 bridgehead atoms. The van der Waals surface area contributed by atoms with Crippen LogP contribution in [0, 0.1) is 13.8 Å². The SMILES string of the molecule is COCCn1c(=O)c(Sc2ccc(C)cc2)c(Sc2ccc(C)cc2)c2ccccc21. The maximum absolute atomic E-state index is 13.7. The third-order valence-electron chi connectivity index (χ3n) is 5.09. The molecule has 0 saturated carbocycles. The molecule has 0 spiro atoms. The molecule has 5 heteroatoms. The molecule has 0 radical (unpaired) electrons. The Bertz CT molecular complexity index is 1250. The second-order valence-corrected chi connectivity index (χ2v) is 9.62. The van der Waals surface area contributed by atoms with Gasteiger partial charge >= 0.3 is 0 Å². The van der Waals surface area contributed by atoms with Crippen molar-refractivity contribution in [3.63, 3.8) is 0 Å². The van der Waals surface area contributed by atoms with Crippen molar-refractivity contribution < 1.29 is 4.74 Å². The molecule has 0 saturated heterocycles. The fraction of sp³-hybridized carbons (Fsp3) is 0.192. The van der Waals surface area contributed by atoms with Crippen LogP contribution in [0.15, 0.2) is 97.2 Å². The van der Waals surface area contributed by atoms with Gasteiger partial charge in [-0.3, -0.25) is 4.79 Å². The summed E-state index contributed by atoms with van der Waals surface area (Å²) >= 11 is 3.20. The molecule has 158 valence electrons. The average Bonchev–Trinajstić information content (AvgIpc) is 2.78. The van der Waals surface area contributed by atoms with Gasteiger partial charge in [-0.25, -0.2) is 0 Å². The minimum atomic E-state index is 0.0240. The van der Waals surface area contributed by atoms with Gasteiger partial charge in [-0.1, -0.05) is 77.1 Å². The van der Waals surface area contributed by atoms with E-state index < -0.39 is 0 Å². The molecular weight excluding hydrogens is 422 g/mol. The van der Waals surface area contributed by atoms with E-state index in [1.807, 2.05) is 22.8 Å². The van der Waals surface area contributed by atoms with E-state index >= 15 is 0 Å². The topological polar surface area (TPSA) is 31.2 Å². The number of rotatable bonds is 7. The van der Waals surface area contributed by atoms with Gasteiger partial charge in [0, 0.05) is 33.7 Å². The molecule has 1 aromatic heterocycles. The summed E-state index contributed by atoms with van der Waals surface area (Å²) in [5.74, 6) is 0. The van der Waals surface area contributed by atoms with Crippen molar-refractivity contribution in [1.29, 1.82) is 0 Å². The van der Waals surface area contributed by atoms with Crippen LogP contribution in [0.5, 0.6) is 0 Å². The van der Waals surface area contributed by atoms with Crippen molar-refractivity contribution in [3.05, 3.63) is 94.3 Å². The summed E-state index contributed by atoms with van der Waals surface area (Å²) in [6, 6.07) is 24.9. The Kier molecular flexibility index (Phi) is 6.86. The molecule has 0 atom stereocenters. The van der Waals surface area contributed by atoms with E-state index in [-0.39, 0.29) is 5.56 Å². The largest absolute Gasteiger partial charge is 0.383 e. The zero-order valence-electron chi connectivity index (χ0n) is 17.9. The molecule has 4 rings (SSSR count). The Balaban J connectivity index is 1.91. The van der Waals surface area contributed by atoms with E-state index in [9.17, 15) is 4.79 Å². The molecule has 0 fully saturated rings. The summed E-state index contributed by atoms with van der Waals surface area (Å²) in [6.07, 6.45) is 0. The highest BCUT2D eigenvalue weighted by molar-refractivity contribution is 8.02. The summed E-state index contributed by atoms with van der Waals surface area (Å²) in [5.41, 5.74) is 3.39. The van der Waals surface area contributed by atoms with Crippen molar-refractivity contribution in [2.75, 3.05) is 13.7 Å². The van der Waals surface area contributed by atoms with Crippen LogP contribution in [-0.2, 0) is 11.3 Å². The summed E-state index contributed by atoms with van der Waals surface area (Å²) in [6.45, 7) is 5.16. The summed E-state index contributed by atoms with van der Waals surface area (Å²) in [7, 11) is 1.66. The van der Waals surface area contributed by atoms with Crippen LogP contribution in [-0.4, -0.2) is 18.3 Å². The zero-order valence-corrected chi connectivity index (χ0v) is 19.6. The molecule has 0 N–H and O–H groups in total. The Morgan fingerprint density at radius 2 is 1.32 bits per heavy atom. The normalized spacial score (nSPS) is 11.2. The first kappa shape index (κ1) is 21.8. The van der Waals surface area contributed by atoms with Gasteiger partial charge in [-0.15, -0.1) is 0 Å². The minimum absolute atomic E-state index is 0.0240. The molecule has 0 aliphatic carbocycles. The number of benzene rings is 3. The first-order valence-electron chi connectivity index (χ1n) is 10.2. The highest BCUT2D eigenvalue weighted by Gasteiger charge is 2.19. The van der Waals surface area contributed by atoms with E-state index in [0.717, 1.165) is 30.5 Å². The monoisotopic (exact) mass is 447 g/mol. The number of para-hydroxylation sites is 1. The van der Waals surface area contributed by atoms with Gasteiger partial charge in [0.15, 0.2) is 0 Å². The molecule has 31 heavy (non-hydrogen) atoms. The van der Waals surface area contributed by atoms with Gasteiger partial charge in [-0.05, 0) is 44.2 Å². The van der Waals surface area contributed by atoms with Crippen molar-refractivity contribution in [3.8, 4) is 0 Å². The van der Waals surface area contributed by atoms with E-state index in [4.69, 9.17) is 4.74 Å². The quantitative estimate of drug-likeness (QED) is 0.321. The molecule has 0 amide bonds. The standard InChI is InChI=1S/C26H25NO2S2/c1-18-8-12-20(13-9-18)30-24-22-6-4-5-7-23(22)27(16-17-29-3)26(28)25(24)31-21-14-10-19(2)11-15-21/h4-15H,16-17H2,1-3H3. The van der Waals surface area contributed by atoms with Crippen molar-refractivity contribution >= 4 is 34.4 Å². The van der Waals surface area contributed by atoms with Gasteiger partial charge < -0.3 is 9.30 Å². The van der Waals surface area contributed by atoms with Crippen LogP contribution in [0.4, 0.5) is 0 Å².